The molecule has 1 heterocycles. The molecule has 0 radical (unpaired) electrons. The number of nitrogens with zero attached hydrogens (tertiary/aromatic N) is 2. The number of para-hydroxylation sites is 1. The molecule has 0 saturated heterocycles. The SMILES string of the molecule is CCOCC[Si](C)(C)C.NC(=O)c1nc(-c2ccc(F)c(-c3ccccc3O)c2)n[nH]1. The minimum absolute atomic E-state index is 0.0358. The fraction of sp³-hybridized carbons (Fsp3) is 0.318. The lowest BCUT2D eigenvalue weighted by Gasteiger charge is -2.14. The number of phenolic OH excluding ortho intramolecular Hbond substituents is 1. The van der Waals surface area contributed by atoms with Crippen molar-refractivity contribution in [1.29, 1.82) is 0 Å². The van der Waals surface area contributed by atoms with Gasteiger partial charge >= 0.3 is 0 Å². The van der Waals surface area contributed by atoms with Crippen molar-refractivity contribution in [1.82, 2.24) is 15.2 Å². The number of H-pyrrole nitrogens is 1. The molecule has 0 saturated carbocycles. The molecule has 7 nitrogen and oxygen atoms in total. The highest BCUT2D eigenvalue weighted by Gasteiger charge is 2.14. The molecular formula is C22H29FN4O3Si. The lowest BCUT2D eigenvalue weighted by atomic mass is 10.0. The van der Waals surface area contributed by atoms with Crippen LogP contribution in [0.1, 0.15) is 17.5 Å². The number of aromatic hydroxyl groups is 1. The van der Waals surface area contributed by atoms with Gasteiger partial charge in [-0.25, -0.2) is 9.37 Å². The van der Waals surface area contributed by atoms with Crippen LogP contribution in [0.25, 0.3) is 22.5 Å². The predicted molar refractivity (Wildman–Crippen MR) is 122 cm³/mol. The molecule has 0 aliphatic carbocycles. The third-order valence-corrected chi connectivity index (χ3v) is 6.04. The van der Waals surface area contributed by atoms with Gasteiger partial charge in [0.1, 0.15) is 11.6 Å². The average Bonchev–Trinajstić information content (AvgIpc) is 3.19. The summed E-state index contributed by atoms with van der Waals surface area (Å²) in [4.78, 5) is 15.0. The lowest BCUT2D eigenvalue weighted by molar-refractivity contribution is 0.0991. The van der Waals surface area contributed by atoms with Crippen molar-refractivity contribution in [3.63, 3.8) is 0 Å². The monoisotopic (exact) mass is 444 g/mol. The Morgan fingerprint density at radius 3 is 2.48 bits per heavy atom. The van der Waals surface area contributed by atoms with Crippen molar-refractivity contribution in [2.75, 3.05) is 13.2 Å². The smallest absolute Gasteiger partial charge is 0.286 e. The highest BCUT2D eigenvalue weighted by molar-refractivity contribution is 6.76. The largest absolute Gasteiger partial charge is 0.507 e. The van der Waals surface area contributed by atoms with Gasteiger partial charge in [0, 0.05) is 38.0 Å². The van der Waals surface area contributed by atoms with E-state index in [1.54, 1.807) is 18.2 Å². The van der Waals surface area contributed by atoms with Gasteiger partial charge < -0.3 is 15.6 Å². The van der Waals surface area contributed by atoms with Gasteiger partial charge in [-0.1, -0.05) is 37.8 Å². The number of nitrogens with one attached hydrogen (secondary N) is 1. The van der Waals surface area contributed by atoms with Gasteiger partial charge in [-0.2, -0.15) is 5.10 Å². The molecule has 2 aromatic carbocycles. The summed E-state index contributed by atoms with van der Waals surface area (Å²) in [6.45, 7) is 11.0. The van der Waals surface area contributed by atoms with Crippen molar-refractivity contribution >= 4 is 14.0 Å². The number of phenols is 1. The molecule has 1 aromatic heterocycles. The van der Waals surface area contributed by atoms with Crippen LogP contribution in [0.4, 0.5) is 4.39 Å². The number of carbonyl (C=O) groups excluding carboxylic acids is 1. The molecule has 0 spiro atoms. The van der Waals surface area contributed by atoms with Crippen molar-refractivity contribution in [2.45, 2.75) is 32.6 Å². The van der Waals surface area contributed by atoms with Gasteiger partial charge in [0.2, 0.25) is 5.82 Å². The van der Waals surface area contributed by atoms with Crippen LogP contribution in [0.3, 0.4) is 0 Å². The first-order chi connectivity index (χ1) is 14.6. The maximum atomic E-state index is 14.1. The van der Waals surface area contributed by atoms with Crippen LogP contribution >= 0.6 is 0 Å². The van der Waals surface area contributed by atoms with E-state index in [-0.39, 0.29) is 23.0 Å². The highest BCUT2D eigenvalue weighted by atomic mass is 28.3. The van der Waals surface area contributed by atoms with E-state index < -0.39 is 19.8 Å². The number of primary amides is 1. The van der Waals surface area contributed by atoms with E-state index in [0.717, 1.165) is 13.2 Å². The van der Waals surface area contributed by atoms with Crippen molar-refractivity contribution in [3.05, 3.63) is 54.1 Å². The van der Waals surface area contributed by atoms with E-state index in [4.69, 9.17) is 10.5 Å². The van der Waals surface area contributed by atoms with Crippen LogP contribution in [0.15, 0.2) is 42.5 Å². The van der Waals surface area contributed by atoms with Gasteiger partial charge in [-0.15, -0.1) is 0 Å². The Kier molecular flexibility index (Phi) is 8.46. The number of carbonyl (C=O) groups is 1. The summed E-state index contributed by atoms with van der Waals surface area (Å²) >= 11 is 0. The number of benzene rings is 2. The Bertz CT molecular complexity index is 1020. The summed E-state index contributed by atoms with van der Waals surface area (Å²) in [5.41, 5.74) is 6.16. The predicted octanol–water partition coefficient (Wildman–Crippen LogP) is 4.44. The number of hydrogen-bond donors (Lipinski definition) is 3. The fourth-order valence-corrected chi connectivity index (χ4v) is 3.35. The normalized spacial score (nSPS) is 11.0. The zero-order valence-electron chi connectivity index (χ0n) is 18.3. The molecule has 4 N–H and O–H groups in total. The molecule has 0 aliphatic heterocycles. The van der Waals surface area contributed by atoms with E-state index in [1.165, 1.54) is 30.3 Å². The first kappa shape index (κ1) is 24.2. The Morgan fingerprint density at radius 1 is 1.19 bits per heavy atom. The van der Waals surface area contributed by atoms with E-state index in [2.05, 4.69) is 34.8 Å². The third kappa shape index (κ3) is 7.30. The number of nitrogens with two attached hydrogens (primary N) is 1. The maximum absolute atomic E-state index is 14.1. The number of aromatic amines is 1. The number of rotatable bonds is 7. The molecule has 166 valence electrons. The Balaban J connectivity index is 0.000000323. The summed E-state index contributed by atoms with van der Waals surface area (Å²) in [5.74, 6) is -1.13. The van der Waals surface area contributed by atoms with Crippen LogP contribution in [0.2, 0.25) is 25.7 Å². The summed E-state index contributed by atoms with van der Waals surface area (Å²) in [6, 6.07) is 11.9. The van der Waals surface area contributed by atoms with Crippen molar-refractivity contribution < 1.29 is 19.0 Å². The van der Waals surface area contributed by atoms with Crippen LogP contribution in [-0.2, 0) is 4.74 Å². The first-order valence-electron chi connectivity index (χ1n) is 10.0. The summed E-state index contributed by atoms with van der Waals surface area (Å²) in [6.07, 6.45) is 0. The van der Waals surface area contributed by atoms with Crippen LogP contribution in [0.5, 0.6) is 5.75 Å². The van der Waals surface area contributed by atoms with Gasteiger partial charge in [-0.05, 0) is 37.2 Å². The molecule has 0 fully saturated rings. The Labute approximate surface area is 182 Å². The quantitative estimate of drug-likeness (QED) is 0.368. The van der Waals surface area contributed by atoms with E-state index >= 15 is 0 Å². The number of halogens is 1. The topological polar surface area (TPSA) is 114 Å². The van der Waals surface area contributed by atoms with Gasteiger partial charge in [0.05, 0.1) is 0 Å². The van der Waals surface area contributed by atoms with E-state index in [0.29, 0.717) is 11.1 Å². The number of ether oxygens (including phenoxy) is 1. The molecule has 3 aromatic rings. The molecule has 9 heteroatoms. The zero-order chi connectivity index (χ0) is 23.0. The summed E-state index contributed by atoms with van der Waals surface area (Å²) < 4.78 is 19.3. The van der Waals surface area contributed by atoms with Crippen LogP contribution in [-0.4, -0.2) is 47.5 Å². The highest BCUT2D eigenvalue weighted by Crippen LogP contribution is 2.33. The van der Waals surface area contributed by atoms with Crippen molar-refractivity contribution in [3.8, 4) is 28.3 Å². The molecule has 0 atom stereocenters. The Hall–Kier alpha value is -3.04. The lowest BCUT2D eigenvalue weighted by Crippen LogP contribution is -2.21. The number of aromatic nitrogens is 3. The van der Waals surface area contributed by atoms with Gasteiger partial charge in [-0.3, -0.25) is 9.89 Å². The summed E-state index contributed by atoms with van der Waals surface area (Å²) in [7, 11) is -0.819. The van der Waals surface area contributed by atoms with Crippen LogP contribution < -0.4 is 5.73 Å². The minimum atomic E-state index is -0.819. The second-order valence-electron chi connectivity index (χ2n) is 8.09. The Morgan fingerprint density at radius 2 is 1.90 bits per heavy atom. The molecule has 31 heavy (non-hydrogen) atoms. The molecule has 1 amide bonds. The average molecular weight is 445 g/mol. The van der Waals surface area contributed by atoms with Gasteiger partial charge in [0.25, 0.3) is 5.91 Å². The maximum Gasteiger partial charge on any atom is 0.286 e. The second kappa shape index (κ2) is 10.8. The fourth-order valence-electron chi connectivity index (χ4n) is 2.60. The molecule has 3 rings (SSSR count). The van der Waals surface area contributed by atoms with E-state index in [1.807, 2.05) is 6.92 Å². The standard InChI is InChI=1S/C15H11FN4O2.C7H18OSi/c16-11-6-5-8(14-18-15(13(17)22)20-19-14)7-10(11)9-3-1-2-4-12(9)21;1-5-8-6-7-9(2,3)4/h1-7,21H,(H2,17,22)(H,18,19,20);5-7H2,1-4H3. The molecule has 0 unspecified atom stereocenters. The van der Waals surface area contributed by atoms with Crippen molar-refractivity contribution in [2.24, 2.45) is 5.73 Å². The van der Waals surface area contributed by atoms with E-state index in [9.17, 15) is 14.3 Å². The molecular weight excluding hydrogens is 415 g/mol. The number of amides is 1. The minimum Gasteiger partial charge on any atom is -0.507 e. The third-order valence-electron chi connectivity index (χ3n) is 4.34. The van der Waals surface area contributed by atoms with Crippen LogP contribution in [0, 0.1) is 5.82 Å². The molecule has 0 bridgehead atoms. The summed E-state index contributed by atoms with van der Waals surface area (Å²) in [5, 5.41) is 16.1. The number of hydrogen-bond acceptors (Lipinski definition) is 5. The van der Waals surface area contributed by atoms with Gasteiger partial charge in [0.15, 0.2) is 5.82 Å². The second-order valence-corrected chi connectivity index (χ2v) is 13.7. The first-order valence-corrected chi connectivity index (χ1v) is 13.7. The zero-order valence-corrected chi connectivity index (χ0v) is 19.3. The molecule has 0 aliphatic rings.